The molecule has 1 aromatic carbocycles. The zero-order valence-corrected chi connectivity index (χ0v) is 16.4. The van der Waals surface area contributed by atoms with Crippen molar-refractivity contribution in [3.63, 3.8) is 0 Å². The van der Waals surface area contributed by atoms with Gasteiger partial charge in [0.15, 0.2) is 5.13 Å². The largest absolute Gasteiger partial charge is 0.346 e. The number of nitrogens with one attached hydrogen (secondary N) is 1. The molecular formula is C18H21N5OS2. The minimum atomic E-state index is -0.0641. The minimum Gasteiger partial charge on any atom is -0.346 e. The molecular weight excluding hydrogens is 366 g/mol. The lowest BCUT2D eigenvalue weighted by Crippen LogP contribution is -2.48. The van der Waals surface area contributed by atoms with Crippen molar-refractivity contribution in [1.82, 2.24) is 19.9 Å². The Morgan fingerprint density at radius 3 is 3.08 bits per heavy atom. The lowest BCUT2D eigenvalue weighted by Gasteiger charge is -2.32. The van der Waals surface area contributed by atoms with Crippen LogP contribution in [-0.4, -0.2) is 45.8 Å². The van der Waals surface area contributed by atoms with Gasteiger partial charge in [0, 0.05) is 31.1 Å². The van der Waals surface area contributed by atoms with E-state index in [0.29, 0.717) is 5.69 Å². The lowest BCUT2D eigenvalue weighted by molar-refractivity contribution is 0.0925. The van der Waals surface area contributed by atoms with Crippen LogP contribution in [0.4, 0.5) is 5.13 Å². The standard InChI is InChI=1S/C18H21N5OS2/c1-22-11-19-9-13(22)17(24)20-12-5-4-8-23(10-12)18-21-16-14(25-2)6-3-7-15(16)26-18/h3,6-7,9,11-12H,4-5,8,10H2,1-2H3,(H,20,24). The molecule has 1 amide bonds. The molecule has 3 heterocycles. The molecule has 0 spiro atoms. The first-order chi connectivity index (χ1) is 12.7. The van der Waals surface area contributed by atoms with Crippen LogP contribution >= 0.6 is 23.1 Å². The second-order valence-corrected chi connectivity index (χ2v) is 8.31. The maximum atomic E-state index is 12.5. The van der Waals surface area contributed by atoms with Gasteiger partial charge in [-0.25, -0.2) is 9.97 Å². The summed E-state index contributed by atoms with van der Waals surface area (Å²) in [6, 6.07) is 6.45. The van der Waals surface area contributed by atoms with Crippen LogP contribution < -0.4 is 10.2 Å². The number of carbonyl (C=O) groups is 1. The number of carbonyl (C=O) groups excluding carboxylic acids is 1. The highest BCUT2D eigenvalue weighted by atomic mass is 32.2. The quantitative estimate of drug-likeness (QED) is 0.697. The molecule has 4 rings (SSSR count). The number of imidazole rings is 1. The average molecular weight is 388 g/mol. The summed E-state index contributed by atoms with van der Waals surface area (Å²) in [5.41, 5.74) is 1.67. The average Bonchev–Trinajstić information content (AvgIpc) is 3.27. The third kappa shape index (κ3) is 3.31. The van der Waals surface area contributed by atoms with E-state index in [-0.39, 0.29) is 11.9 Å². The van der Waals surface area contributed by atoms with Crippen LogP contribution in [0.25, 0.3) is 10.2 Å². The van der Waals surface area contributed by atoms with Gasteiger partial charge in [-0.15, -0.1) is 11.8 Å². The molecule has 0 aliphatic carbocycles. The van der Waals surface area contributed by atoms with Crippen LogP contribution in [-0.2, 0) is 7.05 Å². The van der Waals surface area contributed by atoms with Gasteiger partial charge in [-0.05, 0) is 31.2 Å². The molecule has 6 nitrogen and oxygen atoms in total. The Hall–Kier alpha value is -2.06. The summed E-state index contributed by atoms with van der Waals surface area (Å²) < 4.78 is 2.96. The van der Waals surface area contributed by atoms with Crippen LogP contribution in [0.3, 0.4) is 0 Å². The van der Waals surface area contributed by atoms with Gasteiger partial charge in [-0.2, -0.15) is 0 Å². The highest BCUT2D eigenvalue weighted by molar-refractivity contribution is 7.98. The van der Waals surface area contributed by atoms with Gasteiger partial charge in [0.1, 0.15) is 5.69 Å². The monoisotopic (exact) mass is 387 g/mol. The number of amides is 1. The fourth-order valence-electron chi connectivity index (χ4n) is 3.32. The van der Waals surface area contributed by atoms with Gasteiger partial charge < -0.3 is 14.8 Å². The highest BCUT2D eigenvalue weighted by Gasteiger charge is 2.25. The van der Waals surface area contributed by atoms with Crippen molar-refractivity contribution in [2.45, 2.75) is 23.8 Å². The van der Waals surface area contributed by atoms with Gasteiger partial charge in [0.05, 0.1) is 22.7 Å². The Balaban J connectivity index is 1.50. The molecule has 0 radical (unpaired) electrons. The second kappa shape index (κ2) is 7.28. The van der Waals surface area contributed by atoms with Crippen molar-refractivity contribution in [2.24, 2.45) is 7.05 Å². The molecule has 1 saturated heterocycles. The molecule has 1 atom stereocenters. The zero-order valence-electron chi connectivity index (χ0n) is 14.8. The predicted molar refractivity (Wildman–Crippen MR) is 107 cm³/mol. The Labute approximate surface area is 160 Å². The molecule has 0 saturated carbocycles. The van der Waals surface area contributed by atoms with E-state index in [2.05, 4.69) is 39.7 Å². The number of para-hydroxylation sites is 1. The minimum absolute atomic E-state index is 0.0641. The highest BCUT2D eigenvalue weighted by Crippen LogP contribution is 2.34. The number of thioether (sulfide) groups is 1. The number of anilines is 1. The number of hydrogen-bond acceptors (Lipinski definition) is 6. The summed E-state index contributed by atoms with van der Waals surface area (Å²) in [7, 11) is 1.83. The van der Waals surface area contributed by atoms with E-state index in [9.17, 15) is 4.79 Å². The zero-order chi connectivity index (χ0) is 18.1. The summed E-state index contributed by atoms with van der Waals surface area (Å²) in [6.45, 7) is 1.77. The molecule has 0 bridgehead atoms. The van der Waals surface area contributed by atoms with E-state index < -0.39 is 0 Å². The number of fused-ring (bicyclic) bond motifs is 1. The Morgan fingerprint density at radius 1 is 1.42 bits per heavy atom. The summed E-state index contributed by atoms with van der Waals surface area (Å²) in [4.78, 5) is 24.9. The van der Waals surface area contributed by atoms with Crippen molar-refractivity contribution in [3.8, 4) is 0 Å². The molecule has 1 unspecified atom stereocenters. The van der Waals surface area contributed by atoms with Crippen molar-refractivity contribution < 1.29 is 4.79 Å². The maximum absolute atomic E-state index is 12.5. The normalized spacial score (nSPS) is 17.6. The number of nitrogens with zero attached hydrogens (tertiary/aromatic N) is 4. The van der Waals surface area contributed by atoms with Crippen LogP contribution in [0.1, 0.15) is 23.3 Å². The van der Waals surface area contributed by atoms with Gasteiger partial charge in [0.25, 0.3) is 5.91 Å². The van der Waals surface area contributed by atoms with Crippen molar-refractivity contribution in [2.75, 3.05) is 24.2 Å². The molecule has 8 heteroatoms. The summed E-state index contributed by atoms with van der Waals surface area (Å²) in [5, 5.41) is 4.19. The van der Waals surface area contributed by atoms with Crippen molar-refractivity contribution >= 4 is 44.4 Å². The van der Waals surface area contributed by atoms with E-state index >= 15 is 0 Å². The number of aryl methyl sites for hydroxylation is 1. The van der Waals surface area contributed by atoms with E-state index in [1.807, 2.05) is 7.05 Å². The third-order valence-corrected chi connectivity index (χ3v) is 6.52. The molecule has 3 aromatic rings. The number of aromatic nitrogens is 3. The fraction of sp³-hybridized carbons (Fsp3) is 0.389. The molecule has 26 heavy (non-hydrogen) atoms. The molecule has 136 valence electrons. The first-order valence-corrected chi connectivity index (χ1v) is 10.7. The van der Waals surface area contributed by atoms with E-state index in [1.165, 1.54) is 9.60 Å². The summed E-state index contributed by atoms with van der Waals surface area (Å²) in [5.74, 6) is -0.0641. The Kier molecular flexibility index (Phi) is 4.86. The molecule has 1 aliphatic rings. The topological polar surface area (TPSA) is 63.1 Å². The Morgan fingerprint density at radius 2 is 2.31 bits per heavy atom. The van der Waals surface area contributed by atoms with Gasteiger partial charge in [-0.3, -0.25) is 4.79 Å². The van der Waals surface area contributed by atoms with Crippen LogP contribution in [0.5, 0.6) is 0 Å². The van der Waals surface area contributed by atoms with Crippen LogP contribution in [0, 0.1) is 0 Å². The first-order valence-electron chi connectivity index (χ1n) is 8.61. The number of rotatable bonds is 4. The van der Waals surface area contributed by atoms with Crippen LogP contribution in [0.2, 0.25) is 0 Å². The van der Waals surface area contributed by atoms with Gasteiger partial charge >= 0.3 is 0 Å². The molecule has 2 aromatic heterocycles. The SMILES string of the molecule is CSc1cccc2sc(N3CCCC(NC(=O)c4cncn4C)C3)nc12. The van der Waals surface area contributed by atoms with Crippen LogP contribution in [0.15, 0.2) is 35.6 Å². The van der Waals surface area contributed by atoms with E-state index in [0.717, 1.165) is 36.6 Å². The number of hydrogen-bond donors (Lipinski definition) is 1. The second-order valence-electron chi connectivity index (χ2n) is 6.45. The molecule has 1 aliphatic heterocycles. The smallest absolute Gasteiger partial charge is 0.269 e. The summed E-state index contributed by atoms with van der Waals surface area (Å²) >= 11 is 3.46. The third-order valence-electron chi connectivity index (χ3n) is 4.67. The fourth-order valence-corrected chi connectivity index (χ4v) is 4.97. The lowest BCUT2D eigenvalue weighted by atomic mass is 10.1. The molecule has 1 fully saturated rings. The van der Waals surface area contributed by atoms with Crippen molar-refractivity contribution in [1.29, 1.82) is 0 Å². The number of thiazole rings is 1. The summed E-state index contributed by atoms with van der Waals surface area (Å²) in [6.07, 6.45) is 7.36. The first kappa shape index (κ1) is 17.4. The molecule has 1 N–H and O–H groups in total. The van der Waals surface area contributed by atoms with E-state index in [4.69, 9.17) is 4.98 Å². The number of benzene rings is 1. The van der Waals surface area contributed by atoms with E-state index in [1.54, 1.807) is 40.2 Å². The van der Waals surface area contributed by atoms with Crippen molar-refractivity contribution in [3.05, 3.63) is 36.4 Å². The van der Waals surface area contributed by atoms with Gasteiger partial charge in [-0.1, -0.05) is 17.4 Å². The Bertz CT molecular complexity index is 935. The van der Waals surface area contributed by atoms with Gasteiger partial charge in [0.2, 0.25) is 0 Å². The number of piperidine rings is 1. The predicted octanol–water partition coefficient (Wildman–Crippen LogP) is 3.15. The maximum Gasteiger partial charge on any atom is 0.269 e.